The maximum absolute atomic E-state index is 12.0. The fourth-order valence-electron chi connectivity index (χ4n) is 1.78. The molecule has 0 amide bonds. The van der Waals surface area contributed by atoms with Gasteiger partial charge in [-0.05, 0) is 24.5 Å². The number of thiophene rings is 1. The molecule has 0 atom stereocenters. The molecule has 0 unspecified atom stereocenters. The van der Waals surface area contributed by atoms with Gasteiger partial charge in [0.2, 0.25) is 10.0 Å². The normalized spacial score (nSPS) is 11.4. The first-order valence-electron chi connectivity index (χ1n) is 6.34. The van der Waals surface area contributed by atoms with Gasteiger partial charge < -0.3 is 5.11 Å². The fourth-order valence-corrected chi connectivity index (χ4v) is 4.06. The number of nitrogens with one attached hydrogen (secondary N) is 1. The van der Waals surface area contributed by atoms with E-state index in [0.29, 0.717) is 13.0 Å². The number of rotatable bonds is 7. The molecule has 0 spiro atoms. The van der Waals surface area contributed by atoms with Crippen LogP contribution < -0.4 is 4.72 Å². The van der Waals surface area contributed by atoms with Crippen molar-refractivity contribution in [3.8, 4) is 0 Å². The summed E-state index contributed by atoms with van der Waals surface area (Å²) in [6, 6.07) is 11.0. The third-order valence-corrected chi connectivity index (χ3v) is 5.76. The van der Waals surface area contributed by atoms with E-state index in [1.54, 1.807) is 0 Å². The zero-order valence-electron chi connectivity index (χ0n) is 11.2. The highest BCUT2D eigenvalue weighted by Crippen LogP contribution is 2.20. The quantitative estimate of drug-likeness (QED) is 0.766. The van der Waals surface area contributed by atoms with Gasteiger partial charge in [0.05, 0.1) is 5.56 Å². The molecule has 1 aromatic carbocycles. The van der Waals surface area contributed by atoms with E-state index in [1.165, 1.54) is 11.4 Å². The Hall–Kier alpha value is -1.70. The van der Waals surface area contributed by atoms with Gasteiger partial charge in [0.25, 0.3) is 0 Å². The van der Waals surface area contributed by atoms with Crippen LogP contribution in [0.3, 0.4) is 0 Å². The number of carboxylic acids is 1. The third kappa shape index (κ3) is 4.38. The van der Waals surface area contributed by atoms with Gasteiger partial charge >= 0.3 is 5.97 Å². The standard InChI is InChI=1S/C14H15NO4S2/c16-14(17)12-9-13(20-10-12)21(18,19)15-8-4-7-11-5-2-1-3-6-11/h1-3,5-6,9-10,15H,4,7-8H2,(H,16,17). The number of sulfonamides is 1. The Morgan fingerprint density at radius 3 is 2.57 bits per heavy atom. The Morgan fingerprint density at radius 1 is 1.24 bits per heavy atom. The van der Waals surface area contributed by atoms with Crippen LogP contribution in [0.25, 0.3) is 0 Å². The predicted molar refractivity (Wildman–Crippen MR) is 81.2 cm³/mol. The molecular formula is C14H15NO4S2. The van der Waals surface area contributed by atoms with Gasteiger partial charge in [0.1, 0.15) is 4.21 Å². The number of aryl methyl sites for hydroxylation is 1. The summed E-state index contributed by atoms with van der Waals surface area (Å²) in [6.45, 7) is 0.317. The number of hydrogen-bond donors (Lipinski definition) is 2. The van der Waals surface area contributed by atoms with Crippen LogP contribution in [0.2, 0.25) is 0 Å². The van der Waals surface area contributed by atoms with E-state index in [1.807, 2.05) is 30.3 Å². The molecular weight excluding hydrogens is 310 g/mol. The minimum Gasteiger partial charge on any atom is -0.478 e. The number of benzene rings is 1. The molecule has 5 nitrogen and oxygen atoms in total. The van der Waals surface area contributed by atoms with E-state index in [4.69, 9.17) is 5.11 Å². The predicted octanol–water partition coefficient (Wildman–Crippen LogP) is 2.36. The Balaban J connectivity index is 1.88. The van der Waals surface area contributed by atoms with Gasteiger partial charge in [0, 0.05) is 11.9 Å². The van der Waals surface area contributed by atoms with Gasteiger partial charge in [-0.25, -0.2) is 17.9 Å². The van der Waals surface area contributed by atoms with Crippen molar-refractivity contribution in [3.05, 3.63) is 52.9 Å². The molecule has 2 aromatic rings. The zero-order chi connectivity index (χ0) is 15.3. The second-order valence-electron chi connectivity index (χ2n) is 4.45. The van der Waals surface area contributed by atoms with Gasteiger partial charge in [-0.15, -0.1) is 11.3 Å². The largest absolute Gasteiger partial charge is 0.478 e. The van der Waals surface area contributed by atoms with Crippen molar-refractivity contribution in [3.63, 3.8) is 0 Å². The summed E-state index contributed by atoms with van der Waals surface area (Å²) in [6.07, 6.45) is 1.47. The molecule has 21 heavy (non-hydrogen) atoms. The fraction of sp³-hybridized carbons (Fsp3) is 0.214. The highest BCUT2D eigenvalue weighted by atomic mass is 32.2. The molecule has 112 valence electrons. The third-order valence-electron chi connectivity index (χ3n) is 2.86. The molecule has 1 aromatic heterocycles. The lowest BCUT2D eigenvalue weighted by molar-refractivity contribution is 0.0697. The van der Waals surface area contributed by atoms with Crippen LogP contribution in [-0.4, -0.2) is 26.0 Å². The van der Waals surface area contributed by atoms with E-state index >= 15 is 0 Å². The maximum Gasteiger partial charge on any atom is 0.336 e. The van der Waals surface area contributed by atoms with Gasteiger partial charge in [-0.1, -0.05) is 30.3 Å². The van der Waals surface area contributed by atoms with Crippen molar-refractivity contribution in [2.45, 2.75) is 17.1 Å². The summed E-state index contributed by atoms with van der Waals surface area (Å²) < 4.78 is 26.5. The molecule has 0 aliphatic rings. The molecule has 1 heterocycles. The molecule has 0 radical (unpaired) electrons. The van der Waals surface area contributed by atoms with Crippen molar-refractivity contribution in [1.29, 1.82) is 0 Å². The molecule has 0 bridgehead atoms. The van der Waals surface area contributed by atoms with E-state index in [9.17, 15) is 13.2 Å². The number of carbonyl (C=O) groups is 1. The summed E-state index contributed by atoms with van der Waals surface area (Å²) in [5, 5.41) is 10.1. The Bertz CT molecular complexity index is 708. The van der Waals surface area contributed by atoms with E-state index in [-0.39, 0.29) is 9.77 Å². The Kier molecular flexibility index (Phi) is 5.11. The average molecular weight is 325 g/mol. The first-order valence-corrected chi connectivity index (χ1v) is 8.71. The highest BCUT2D eigenvalue weighted by molar-refractivity contribution is 7.91. The maximum atomic E-state index is 12.0. The van der Waals surface area contributed by atoms with Gasteiger partial charge in [-0.3, -0.25) is 0 Å². The lowest BCUT2D eigenvalue weighted by Gasteiger charge is -2.04. The lowest BCUT2D eigenvalue weighted by Crippen LogP contribution is -2.24. The second kappa shape index (κ2) is 6.84. The zero-order valence-corrected chi connectivity index (χ0v) is 12.8. The van der Waals surface area contributed by atoms with Crippen molar-refractivity contribution in [2.75, 3.05) is 6.54 Å². The van der Waals surface area contributed by atoms with E-state index in [0.717, 1.165) is 23.3 Å². The first kappa shape index (κ1) is 15.7. The van der Waals surface area contributed by atoms with E-state index in [2.05, 4.69) is 4.72 Å². The van der Waals surface area contributed by atoms with Crippen LogP contribution in [0, 0.1) is 0 Å². The first-order chi connectivity index (χ1) is 9.99. The molecule has 2 rings (SSSR count). The molecule has 0 aliphatic carbocycles. The van der Waals surface area contributed by atoms with Gasteiger partial charge in [-0.2, -0.15) is 0 Å². The Labute approximate surface area is 127 Å². The summed E-state index contributed by atoms with van der Waals surface area (Å²) in [5.41, 5.74) is 1.14. The number of hydrogen-bond acceptors (Lipinski definition) is 4. The smallest absolute Gasteiger partial charge is 0.336 e. The van der Waals surface area contributed by atoms with Crippen molar-refractivity contribution in [1.82, 2.24) is 4.72 Å². The summed E-state index contributed by atoms with van der Waals surface area (Å²) in [4.78, 5) is 10.7. The SMILES string of the molecule is O=C(O)c1csc(S(=O)(=O)NCCCc2ccccc2)c1. The minimum atomic E-state index is -3.62. The van der Waals surface area contributed by atoms with E-state index < -0.39 is 16.0 Å². The number of carboxylic acid groups (broad SMARTS) is 1. The minimum absolute atomic E-state index is 0.00957. The lowest BCUT2D eigenvalue weighted by atomic mass is 10.1. The molecule has 0 saturated carbocycles. The van der Waals surface area contributed by atoms with Crippen molar-refractivity contribution in [2.24, 2.45) is 0 Å². The van der Waals surface area contributed by atoms with Crippen LogP contribution in [-0.2, 0) is 16.4 Å². The topological polar surface area (TPSA) is 83.5 Å². The Morgan fingerprint density at radius 2 is 1.95 bits per heavy atom. The van der Waals surface area contributed by atoms with Gasteiger partial charge in [0.15, 0.2) is 0 Å². The van der Waals surface area contributed by atoms with Crippen LogP contribution in [0.15, 0.2) is 46.0 Å². The van der Waals surface area contributed by atoms with Crippen LogP contribution >= 0.6 is 11.3 Å². The molecule has 7 heteroatoms. The summed E-state index contributed by atoms with van der Waals surface area (Å²) in [7, 11) is -3.62. The molecule has 0 saturated heterocycles. The summed E-state index contributed by atoms with van der Waals surface area (Å²) >= 11 is 0.908. The molecule has 0 fully saturated rings. The van der Waals surface area contributed by atoms with Crippen LogP contribution in [0.4, 0.5) is 0 Å². The second-order valence-corrected chi connectivity index (χ2v) is 7.35. The number of aromatic carboxylic acids is 1. The van der Waals surface area contributed by atoms with Crippen molar-refractivity contribution < 1.29 is 18.3 Å². The monoisotopic (exact) mass is 325 g/mol. The highest BCUT2D eigenvalue weighted by Gasteiger charge is 2.18. The summed E-state index contributed by atoms with van der Waals surface area (Å²) in [5.74, 6) is -1.13. The molecule has 2 N–H and O–H groups in total. The van der Waals surface area contributed by atoms with Crippen LogP contribution in [0.5, 0.6) is 0 Å². The van der Waals surface area contributed by atoms with Crippen LogP contribution in [0.1, 0.15) is 22.3 Å². The average Bonchev–Trinajstić information content (AvgIpc) is 2.96. The molecule has 0 aliphatic heterocycles. The van der Waals surface area contributed by atoms with Crippen molar-refractivity contribution >= 4 is 27.3 Å².